The summed E-state index contributed by atoms with van der Waals surface area (Å²) in [5.41, 5.74) is 7.08. The van der Waals surface area contributed by atoms with Gasteiger partial charge < -0.3 is 9.30 Å². The average Bonchev–Trinajstić information content (AvgIpc) is 3.50. The van der Waals surface area contributed by atoms with Crippen LogP contribution in [0, 0.1) is 24.0 Å². The number of nitrogens with zero attached hydrogens (tertiary/aromatic N) is 4. The van der Waals surface area contributed by atoms with Gasteiger partial charge in [-0.2, -0.15) is 0 Å². The molecule has 0 fully saturated rings. The Bertz CT molecular complexity index is 1290. The number of hydrogen-bond donors (Lipinski definition) is 0. The first kappa shape index (κ1) is 23.3. The molecule has 7 heteroatoms. The number of fused-ring (bicyclic) bond motifs is 1. The van der Waals surface area contributed by atoms with Crippen LogP contribution in [0.1, 0.15) is 48.1 Å². The molecule has 0 saturated heterocycles. The molecule has 1 unspecified atom stereocenters. The Labute approximate surface area is 206 Å². The quantitative estimate of drug-likeness (QED) is 0.353. The molecule has 2 aromatic carbocycles. The van der Waals surface area contributed by atoms with Crippen molar-refractivity contribution in [1.29, 1.82) is 0 Å². The van der Waals surface area contributed by atoms with Crippen LogP contribution in [0.25, 0.3) is 11.3 Å². The van der Waals surface area contributed by atoms with Crippen LogP contribution in [0.4, 0.5) is 5.69 Å². The van der Waals surface area contributed by atoms with E-state index in [2.05, 4.69) is 47.1 Å². The van der Waals surface area contributed by atoms with Crippen molar-refractivity contribution in [2.24, 2.45) is 0 Å². The Morgan fingerprint density at radius 3 is 2.57 bits per heavy atom. The minimum absolute atomic E-state index is 0.226. The van der Waals surface area contributed by atoms with E-state index >= 15 is 0 Å². The van der Waals surface area contributed by atoms with Crippen molar-refractivity contribution in [2.45, 2.75) is 52.6 Å². The van der Waals surface area contributed by atoms with Crippen LogP contribution in [-0.4, -0.2) is 44.6 Å². The van der Waals surface area contributed by atoms with Crippen LogP contribution < -0.4 is 4.74 Å². The predicted molar refractivity (Wildman–Crippen MR) is 137 cm³/mol. The lowest BCUT2D eigenvalue weighted by Crippen LogP contribution is -2.45. The summed E-state index contributed by atoms with van der Waals surface area (Å²) in [5, 5.41) is 11.8. The summed E-state index contributed by atoms with van der Waals surface area (Å²) in [4.78, 5) is 18.1. The van der Waals surface area contributed by atoms with Gasteiger partial charge in [0.25, 0.3) is 5.69 Å². The number of ether oxygens (including phenoxy) is 1. The molecule has 0 radical (unpaired) electrons. The largest absolute Gasteiger partial charge is 0.485 e. The second kappa shape index (κ2) is 8.96. The molecule has 182 valence electrons. The van der Waals surface area contributed by atoms with E-state index in [9.17, 15) is 10.1 Å². The van der Waals surface area contributed by atoms with Gasteiger partial charge in [0.05, 0.1) is 11.3 Å². The van der Waals surface area contributed by atoms with Crippen LogP contribution in [-0.2, 0) is 12.8 Å². The molecule has 3 heterocycles. The van der Waals surface area contributed by atoms with Gasteiger partial charge in [0.15, 0.2) is 0 Å². The Morgan fingerprint density at radius 1 is 1.20 bits per heavy atom. The maximum atomic E-state index is 11.8. The maximum absolute atomic E-state index is 11.8. The summed E-state index contributed by atoms with van der Waals surface area (Å²) < 4.78 is 8.56. The summed E-state index contributed by atoms with van der Waals surface area (Å²) in [6, 6.07) is 8.61. The summed E-state index contributed by atoms with van der Waals surface area (Å²) >= 11 is 0. The highest BCUT2D eigenvalue weighted by molar-refractivity contribution is 5.67. The molecule has 0 spiro atoms. The van der Waals surface area contributed by atoms with Gasteiger partial charge in [-0.05, 0) is 56.9 Å². The zero-order valence-corrected chi connectivity index (χ0v) is 20.9. The maximum Gasteiger partial charge on any atom is 0.276 e. The summed E-state index contributed by atoms with van der Waals surface area (Å²) in [5.74, 6) is 0.860. The smallest absolute Gasteiger partial charge is 0.276 e. The fourth-order valence-corrected chi connectivity index (χ4v) is 5.71. The standard InChI is InChI=1S/C28H32N4O3/c1-5-24-20(3)27-25(19(2)26(24)32(33)34)16-28(4,35-27)17-30-13-10-22(11-14-30)21-6-8-23(9-7-21)31-15-12-29-18-31/h6-10,12,15,18H,5,11,13-14,16-17H2,1-4H3. The molecule has 3 aromatic rings. The third kappa shape index (κ3) is 4.25. The molecule has 1 atom stereocenters. The number of imidazole rings is 1. The highest BCUT2D eigenvalue weighted by Crippen LogP contribution is 2.46. The molecule has 0 bridgehead atoms. The van der Waals surface area contributed by atoms with E-state index in [-0.39, 0.29) is 10.6 Å². The Hall–Kier alpha value is -3.45. The number of rotatable bonds is 6. The van der Waals surface area contributed by atoms with Crippen LogP contribution >= 0.6 is 0 Å². The topological polar surface area (TPSA) is 73.4 Å². The molecule has 0 N–H and O–H groups in total. The van der Waals surface area contributed by atoms with Crippen molar-refractivity contribution in [1.82, 2.24) is 14.5 Å². The number of hydrogen-bond acceptors (Lipinski definition) is 5. The molecule has 0 amide bonds. The normalized spacial score (nSPS) is 19.8. The number of benzene rings is 2. The monoisotopic (exact) mass is 472 g/mol. The minimum atomic E-state index is -0.393. The fraction of sp³-hybridized carbons (Fsp3) is 0.393. The molecule has 2 aliphatic heterocycles. The van der Waals surface area contributed by atoms with E-state index in [0.29, 0.717) is 12.8 Å². The van der Waals surface area contributed by atoms with Crippen molar-refractivity contribution in [3.63, 3.8) is 0 Å². The molecule has 2 aliphatic rings. The first-order valence-corrected chi connectivity index (χ1v) is 12.3. The van der Waals surface area contributed by atoms with Gasteiger partial charge in [0.1, 0.15) is 11.4 Å². The lowest BCUT2D eigenvalue weighted by atomic mass is 9.90. The fourth-order valence-electron chi connectivity index (χ4n) is 5.71. The first-order valence-electron chi connectivity index (χ1n) is 12.3. The van der Waals surface area contributed by atoms with E-state index < -0.39 is 5.60 Å². The zero-order chi connectivity index (χ0) is 24.7. The second-order valence-electron chi connectivity index (χ2n) is 9.96. The van der Waals surface area contributed by atoms with E-state index in [0.717, 1.165) is 59.7 Å². The van der Waals surface area contributed by atoms with Crippen molar-refractivity contribution in [3.8, 4) is 11.4 Å². The molecule has 1 aromatic heterocycles. The van der Waals surface area contributed by atoms with Gasteiger partial charge >= 0.3 is 0 Å². The van der Waals surface area contributed by atoms with E-state index in [4.69, 9.17) is 4.74 Å². The summed E-state index contributed by atoms with van der Waals surface area (Å²) in [6.45, 7) is 10.6. The summed E-state index contributed by atoms with van der Waals surface area (Å²) in [6.07, 6.45) is 10.2. The lowest BCUT2D eigenvalue weighted by molar-refractivity contribution is -0.386. The molecule has 0 aliphatic carbocycles. The van der Waals surface area contributed by atoms with Crippen molar-refractivity contribution >= 4 is 11.3 Å². The zero-order valence-electron chi connectivity index (χ0n) is 20.9. The van der Waals surface area contributed by atoms with E-state index in [1.54, 1.807) is 12.5 Å². The average molecular weight is 473 g/mol. The number of nitro benzene ring substituents is 1. The first-order chi connectivity index (χ1) is 16.8. The Kier molecular flexibility index (Phi) is 5.97. The van der Waals surface area contributed by atoms with Crippen LogP contribution in [0.15, 0.2) is 49.1 Å². The Balaban J connectivity index is 1.29. The molecule has 7 nitrogen and oxygen atoms in total. The lowest BCUT2D eigenvalue weighted by Gasteiger charge is -2.34. The molecule has 35 heavy (non-hydrogen) atoms. The molecule has 0 saturated carbocycles. The van der Waals surface area contributed by atoms with Gasteiger partial charge in [-0.3, -0.25) is 15.0 Å². The van der Waals surface area contributed by atoms with Crippen molar-refractivity contribution < 1.29 is 9.66 Å². The third-order valence-electron chi connectivity index (χ3n) is 7.49. The number of nitro groups is 1. The predicted octanol–water partition coefficient (Wildman–Crippen LogP) is 5.44. The van der Waals surface area contributed by atoms with Crippen molar-refractivity contribution in [2.75, 3.05) is 19.6 Å². The molecule has 5 rings (SSSR count). The molecular weight excluding hydrogens is 440 g/mol. The van der Waals surface area contributed by atoms with E-state index in [1.165, 1.54) is 11.1 Å². The summed E-state index contributed by atoms with van der Waals surface area (Å²) in [7, 11) is 0. The SMILES string of the molecule is CCc1c(C)c2c(c(C)c1[N+](=O)[O-])CC(C)(CN1CC=C(c3ccc(-n4ccnc4)cc3)CC1)O2. The van der Waals surface area contributed by atoms with Crippen LogP contribution in [0.2, 0.25) is 0 Å². The van der Waals surface area contributed by atoms with Gasteiger partial charge in [-0.1, -0.05) is 25.1 Å². The second-order valence-corrected chi connectivity index (χ2v) is 9.96. The highest BCUT2D eigenvalue weighted by atomic mass is 16.6. The number of aromatic nitrogens is 2. The van der Waals surface area contributed by atoms with Gasteiger partial charge in [0.2, 0.25) is 0 Å². The van der Waals surface area contributed by atoms with Crippen LogP contribution in [0.5, 0.6) is 5.75 Å². The molecular formula is C28H32N4O3. The highest BCUT2D eigenvalue weighted by Gasteiger charge is 2.41. The van der Waals surface area contributed by atoms with Crippen molar-refractivity contribution in [3.05, 3.63) is 87.0 Å². The third-order valence-corrected chi connectivity index (χ3v) is 7.49. The van der Waals surface area contributed by atoms with Gasteiger partial charge in [0, 0.05) is 66.4 Å². The van der Waals surface area contributed by atoms with Gasteiger partial charge in [-0.25, -0.2) is 4.98 Å². The van der Waals surface area contributed by atoms with E-state index in [1.807, 2.05) is 31.5 Å². The van der Waals surface area contributed by atoms with Gasteiger partial charge in [-0.15, -0.1) is 0 Å². The Morgan fingerprint density at radius 2 is 1.97 bits per heavy atom. The van der Waals surface area contributed by atoms with Crippen LogP contribution in [0.3, 0.4) is 0 Å². The minimum Gasteiger partial charge on any atom is -0.485 e.